The zero-order chi connectivity index (χ0) is 10.3. The molecule has 0 bridgehead atoms. The number of rotatable bonds is 0. The molecule has 1 nitrogen and oxygen atoms in total. The molecule has 1 saturated carbocycles. The molecule has 15 heavy (non-hydrogen) atoms. The molecule has 0 amide bonds. The van der Waals surface area contributed by atoms with Crippen molar-refractivity contribution in [2.45, 2.75) is 25.7 Å². The standard InChI is InChI=1S/C14H15N/c15-9-10-5-13-7-11-3-1-2-4-12(11)8-14(13)6-10/h1-3,7,10,12,14H,4-6,8H2. The average Bonchev–Trinajstić information content (AvgIpc) is 2.67. The Hall–Kier alpha value is -1.29. The highest BCUT2D eigenvalue weighted by Gasteiger charge is 2.34. The van der Waals surface area contributed by atoms with Crippen molar-refractivity contribution in [1.29, 1.82) is 5.26 Å². The van der Waals surface area contributed by atoms with E-state index in [0.29, 0.717) is 5.92 Å². The number of allylic oxidation sites excluding steroid dienone is 6. The van der Waals surface area contributed by atoms with Gasteiger partial charge >= 0.3 is 0 Å². The van der Waals surface area contributed by atoms with E-state index in [4.69, 9.17) is 5.26 Å². The van der Waals surface area contributed by atoms with Gasteiger partial charge in [0.05, 0.1) is 12.0 Å². The summed E-state index contributed by atoms with van der Waals surface area (Å²) in [5.74, 6) is 1.74. The number of nitriles is 1. The quantitative estimate of drug-likeness (QED) is 0.584. The summed E-state index contributed by atoms with van der Waals surface area (Å²) in [6.45, 7) is 0. The molecule has 76 valence electrons. The van der Waals surface area contributed by atoms with Gasteiger partial charge in [-0.25, -0.2) is 0 Å². The van der Waals surface area contributed by atoms with Crippen molar-refractivity contribution < 1.29 is 0 Å². The van der Waals surface area contributed by atoms with Gasteiger partial charge in [-0.15, -0.1) is 0 Å². The van der Waals surface area contributed by atoms with Crippen LogP contribution in [0.2, 0.25) is 0 Å². The van der Waals surface area contributed by atoms with Gasteiger partial charge in [-0.1, -0.05) is 29.9 Å². The highest BCUT2D eigenvalue weighted by Crippen LogP contribution is 2.46. The Kier molecular flexibility index (Phi) is 2.02. The zero-order valence-corrected chi connectivity index (χ0v) is 8.82. The maximum atomic E-state index is 8.97. The van der Waals surface area contributed by atoms with Gasteiger partial charge in [0.25, 0.3) is 0 Å². The van der Waals surface area contributed by atoms with Gasteiger partial charge in [0.15, 0.2) is 0 Å². The highest BCUT2D eigenvalue weighted by atomic mass is 14.4. The van der Waals surface area contributed by atoms with E-state index in [-0.39, 0.29) is 5.92 Å². The van der Waals surface area contributed by atoms with Gasteiger partial charge in [0.2, 0.25) is 0 Å². The van der Waals surface area contributed by atoms with E-state index in [1.165, 1.54) is 18.4 Å². The fraction of sp³-hybridized carbons (Fsp3) is 0.500. The lowest BCUT2D eigenvalue weighted by Gasteiger charge is -2.28. The average molecular weight is 197 g/mol. The Morgan fingerprint density at radius 1 is 1.27 bits per heavy atom. The van der Waals surface area contributed by atoms with Crippen LogP contribution in [-0.4, -0.2) is 0 Å². The van der Waals surface area contributed by atoms with Crippen LogP contribution in [0, 0.1) is 29.1 Å². The number of hydrogen-bond acceptors (Lipinski definition) is 1. The summed E-state index contributed by atoms with van der Waals surface area (Å²) in [6, 6.07) is 2.43. The molecule has 3 aliphatic rings. The molecule has 0 saturated heterocycles. The monoisotopic (exact) mass is 197 g/mol. The SMILES string of the molecule is N#CC1CC2=CC3=CC=CCC3CC2C1. The second kappa shape index (κ2) is 3.38. The summed E-state index contributed by atoms with van der Waals surface area (Å²) in [5.41, 5.74) is 3.04. The Balaban J connectivity index is 1.90. The van der Waals surface area contributed by atoms with Crippen molar-refractivity contribution >= 4 is 0 Å². The molecule has 3 rings (SSSR count). The maximum Gasteiger partial charge on any atom is 0.0659 e. The molecular weight excluding hydrogens is 182 g/mol. The highest BCUT2D eigenvalue weighted by molar-refractivity contribution is 5.38. The van der Waals surface area contributed by atoms with Crippen molar-refractivity contribution in [1.82, 2.24) is 0 Å². The molecule has 3 atom stereocenters. The third-order valence-corrected chi connectivity index (χ3v) is 4.00. The van der Waals surface area contributed by atoms with Crippen LogP contribution in [0.25, 0.3) is 0 Å². The van der Waals surface area contributed by atoms with E-state index in [9.17, 15) is 0 Å². The molecule has 0 aromatic heterocycles. The predicted molar refractivity (Wildman–Crippen MR) is 59.9 cm³/mol. The van der Waals surface area contributed by atoms with E-state index in [2.05, 4.69) is 30.4 Å². The first-order valence-electron chi connectivity index (χ1n) is 5.83. The topological polar surface area (TPSA) is 23.8 Å². The fourth-order valence-corrected chi connectivity index (χ4v) is 3.20. The first-order valence-corrected chi connectivity index (χ1v) is 5.83. The van der Waals surface area contributed by atoms with Gasteiger partial charge in [0, 0.05) is 0 Å². The third kappa shape index (κ3) is 1.45. The molecule has 3 aliphatic carbocycles. The van der Waals surface area contributed by atoms with Crippen LogP contribution in [0.15, 0.2) is 35.5 Å². The van der Waals surface area contributed by atoms with Gasteiger partial charge in [-0.05, 0) is 43.1 Å². The molecule has 0 aromatic rings. The lowest BCUT2D eigenvalue weighted by molar-refractivity contribution is 0.434. The first-order chi connectivity index (χ1) is 7.36. The van der Waals surface area contributed by atoms with Crippen LogP contribution in [0.4, 0.5) is 0 Å². The normalized spacial score (nSPS) is 37.4. The number of nitrogens with zero attached hydrogens (tertiary/aromatic N) is 1. The molecule has 1 fully saturated rings. The summed E-state index contributed by atoms with van der Waals surface area (Å²) in [6.07, 6.45) is 13.7. The molecule has 1 heteroatoms. The van der Waals surface area contributed by atoms with Crippen molar-refractivity contribution in [3.63, 3.8) is 0 Å². The molecule has 0 spiro atoms. The van der Waals surface area contributed by atoms with Crippen LogP contribution in [-0.2, 0) is 0 Å². The molecular formula is C14H15N. The number of hydrogen-bond donors (Lipinski definition) is 0. The molecule has 3 unspecified atom stereocenters. The second-order valence-corrected chi connectivity index (χ2v) is 4.95. The summed E-state index contributed by atoms with van der Waals surface area (Å²) < 4.78 is 0. The smallest absolute Gasteiger partial charge is 0.0659 e. The predicted octanol–water partition coefficient (Wildman–Crippen LogP) is 3.37. The van der Waals surface area contributed by atoms with E-state index < -0.39 is 0 Å². The van der Waals surface area contributed by atoms with E-state index >= 15 is 0 Å². The Bertz CT molecular complexity index is 406. The minimum Gasteiger partial charge on any atom is -0.198 e. The summed E-state index contributed by atoms with van der Waals surface area (Å²) >= 11 is 0. The molecule has 0 radical (unpaired) electrons. The molecule has 0 N–H and O–H groups in total. The van der Waals surface area contributed by atoms with Crippen molar-refractivity contribution in [3.8, 4) is 6.07 Å². The number of fused-ring (bicyclic) bond motifs is 2. The second-order valence-electron chi connectivity index (χ2n) is 4.95. The summed E-state index contributed by atoms with van der Waals surface area (Å²) in [5, 5.41) is 8.97. The molecule has 0 aromatic carbocycles. The van der Waals surface area contributed by atoms with Gasteiger partial charge < -0.3 is 0 Å². The lowest BCUT2D eigenvalue weighted by Crippen LogP contribution is -2.15. The minimum atomic E-state index is 0.287. The largest absolute Gasteiger partial charge is 0.198 e. The van der Waals surface area contributed by atoms with Crippen LogP contribution in [0.5, 0.6) is 0 Å². The van der Waals surface area contributed by atoms with Gasteiger partial charge in [-0.2, -0.15) is 5.26 Å². The van der Waals surface area contributed by atoms with E-state index in [1.54, 1.807) is 5.57 Å². The van der Waals surface area contributed by atoms with Crippen LogP contribution < -0.4 is 0 Å². The van der Waals surface area contributed by atoms with Gasteiger partial charge in [0.1, 0.15) is 0 Å². The lowest BCUT2D eigenvalue weighted by atomic mass is 9.76. The van der Waals surface area contributed by atoms with Crippen LogP contribution in [0.3, 0.4) is 0 Å². The maximum absolute atomic E-state index is 8.97. The van der Waals surface area contributed by atoms with E-state index in [0.717, 1.165) is 18.8 Å². The third-order valence-electron chi connectivity index (χ3n) is 4.00. The molecule has 0 aliphatic heterocycles. The van der Waals surface area contributed by atoms with Crippen molar-refractivity contribution in [2.24, 2.45) is 17.8 Å². The Morgan fingerprint density at radius 3 is 3.07 bits per heavy atom. The summed E-state index contributed by atoms with van der Waals surface area (Å²) in [4.78, 5) is 0. The Morgan fingerprint density at radius 2 is 2.20 bits per heavy atom. The van der Waals surface area contributed by atoms with E-state index in [1.807, 2.05) is 0 Å². The fourth-order valence-electron chi connectivity index (χ4n) is 3.20. The van der Waals surface area contributed by atoms with Gasteiger partial charge in [-0.3, -0.25) is 0 Å². The molecule has 0 heterocycles. The zero-order valence-electron chi connectivity index (χ0n) is 8.82. The first kappa shape index (κ1) is 8.97. The Labute approximate surface area is 90.8 Å². The summed E-state index contributed by atoms with van der Waals surface area (Å²) in [7, 11) is 0. The van der Waals surface area contributed by atoms with Crippen molar-refractivity contribution in [2.75, 3.05) is 0 Å². The van der Waals surface area contributed by atoms with Crippen molar-refractivity contribution in [3.05, 3.63) is 35.5 Å². The van der Waals surface area contributed by atoms with Crippen LogP contribution >= 0.6 is 0 Å². The van der Waals surface area contributed by atoms with Crippen LogP contribution in [0.1, 0.15) is 25.7 Å². The minimum absolute atomic E-state index is 0.287.